The Morgan fingerprint density at radius 2 is 1.10 bits per heavy atom. The molecule has 2 aliphatic heterocycles. The van der Waals surface area contributed by atoms with Crippen LogP contribution in [0.3, 0.4) is 0 Å². The quantitative estimate of drug-likeness (QED) is 0.256. The van der Waals surface area contributed by atoms with Crippen LogP contribution in [-0.2, 0) is 49.7 Å². The molecule has 8 atom stereocenters. The molecular weight excluding hydrogens is 591 g/mol. The van der Waals surface area contributed by atoms with Crippen LogP contribution in [0.1, 0.15) is 53.4 Å². The summed E-state index contributed by atoms with van der Waals surface area (Å²) in [4.78, 5) is 43.0. The molecule has 0 radical (unpaired) electrons. The minimum absolute atomic E-state index is 0. The third-order valence-electron chi connectivity index (χ3n) is 5.45. The fraction of sp³-hybridized carbons (Fsp3) is 0.800. The van der Waals surface area contributed by atoms with Crippen LogP contribution in [0.15, 0.2) is 0 Å². The van der Waals surface area contributed by atoms with Gasteiger partial charge in [0.1, 0.15) is 23.4 Å². The third-order valence-corrected chi connectivity index (χ3v) is 5.45. The number of hydrogen-bond donors (Lipinski definition) is 2. The standard InChI is InChI=1S/2C7H9O4.C6H14N2.Pt/c2*1-3(8)5-6(9)4(2)11-7(5)10;7-5-3-1-2-4-6(5)8;/h2*4-6H,1-2H3;5-6H,1-4,7-8H2;/q2*-1;;+2/t2*4-,5?,6?;5-,6-;/m001./s1. The van der Waals surface area contributed by atoms with Crippen molar-refractivity contribution in [1.82, 2.24) is 0 Å². The van der Waals surface area contributed by atoms with Crippen molar-refractivity contribution in [2.24, 2.45) is 23.3 Å². The molecule has 0 aromatic rings. The number of cyclic esters (lactones) is 2. The molecule has 10 nitrogen and oxygen atoms in total. The molecule has 0 bridgehead atoms. The fourth-order valence-corrected chi connectivity index (χ4v) is 3.44. The summed E-state index contributed by atoms with van der Waals surface area (Å²) in [6.07, 6.45) is 1.01. The van der Waals surface area contributed by atoms with Crippen molar-refractivity contribution in [2.75, 3.05) is 0 Å². The molecule has 1 aliphatic carbocycles. The van der Waals surface area contributed by atoms with Crippen molar-refractivity contribution in [3.05, 3.63) is 0 Å². The van der Waals surface area contributed by atoms with Crippen LogP contribution in [0.5, 0.6) is 0 Å². The topological polar surface area (TPSA) is 185 Å². The van der Waals surface area contributed by atoms with Crippen molar-refractivity contribution in [3.63, 3.8) is 0 Å². The van der Waals surface area contributed by atoms with Gasteiger partial charge in [0.15, 0.2) is 0 Å². The molecule has 1 saturated carbocycles. The first-order valence-corrected chi connectivity index (χ1v) is 10.1. The number of nitrogens with two attached hydrogens (primary N) is 2. The molecular formula is C20H32N2O8Pt. The third kappa shape index (κ3) is 8.35. The van der Waals surface area contributed by atoms with Crippen LogP contribution in [0.25, 0.3) is 0 Å². The van der Waals surface area contributed by atoms with E-state index < -0.39 is 59.8 Å². The molecule has 4 N–H and O–H groups in total. The van der Waals surface area contributed by atoms with Gasteiger partial charge in [-0.3, -0.25) is 19.2 Å². The number of carbonyl (C=O) groups is 4. The summed E-state index contributed by atoms with van der Waals surface area (Å²) in [5, 5.41) is 22.1. The van der Waals surface area contributed by atoms with Crippen LogP contribution in [-0.4, -0.2) is 60.0 Å². The largest absolute Gasteiger partial charge is 2.00 e. The van der Waals surface area contributed by atoms with Gasteiger partial charge in [-0.15, -0.1) is 0 Å². The smallest absolute Gasteiger partial charge is 0.848 e. The van der Waals surface area contributed by atoms with Gasteiger partial charge < -0.3 is 31.2 Å². The zero-order chi connectivity index (χ0) is 23.2. The molecule has 0 spiro atoms. The summed E-state index contributed by atoms with van der Waals surface area (Å²) < 4.78 is 9.15. The number of carbonyl (C=O) groups excluding carboxylic acids is 4. The van der Waals surface area contributed by atoms with Crippen LogP contribution >= 0.6 is 0 Å². The molecule has 3 fully saturated rings. The van der Waals surface area contributed by atoms with Crippen LogP contribution < -0.4 is 21.7 Å². The number of Topliss-reactive ketones (excluding diaryl/α,β-unsaturated/α-hetero) is 2. The molecule has 2 saturated heterocycles. The zero-order valence-corrected chi connectivity index (χ0v) is 20.5. The zero-order valence-electron chi connectivity index (χ0n) is 18.2. The molecule has 2 heterocycles. The Morgan fingerprint density at radius 3 is 1.23 bits per heavy atom. The van der Waals surface area contributed by atoms with Crippen molar-refractivity contribution < 1.29 is 59.9 Å². The molecule has 3 rings (SSSR count). The van der Waals surface area contributed by atoms with Gasteiger partial charge in [-0.05, 0) is 40.5 Å². The number of ether oxygens (including phenoxy) is 2. The summed E-state index contributed by atoms with van der Waals surface area (Å²) in [6, 6.07) is 0.562. The average Bonchev–Trinajstić information content (AvgIpc) is 3.05. The summed E-state index contributed by atoms with van der Waals surface area (Å²) in [5.41, 5.74) is 11.3. The second-order valence-corrected chi connectivity index (χ2v) is 8.00. The van der Waals surface area contributed by atoms with Crippen LogP contribution in [0.2, 0.25) is 0 Å². The Bertz CT molecular complexity index is 593. The predicted octanol–water partition coefficient (Wildman–Crippen LogP) is -2.06. The Kier molecular flexibility index (Phi) is 12.9. The normalized spacial score (nSPS) is 36.5. The summed E-state index contributed by atoms with van der Waals surface area (Å²) in [7, 11) is 0. The van der Waals surface area contributed by atoms with E-state index in [0.29, 0.717) is 0 Å². The van der Waals surface area contributed by atoms with E-state index in [1.54, 1.807) is 0 Å². The van der Waals surface area contributed by atoms with Crippen LogP contribution in [0.4, 0.5) is 0 Å². The minimum atomic E-state index is -1.22. The second kappa shape index (κ2) is 13.4. The Hall–Kier alpha value is -1.19. The summed E-state index contributed by atoms with van der Waals surface area (Å²) in [5.74, 6) is -4.32. The van der Waals surface area contributed by atoms with Gasteiger partial charge in [-0.25, -0.2) is 0 Å². The molecule has 0 aromatic carbocycles. The van der Waals surface area contributed by atoms with Crippen molar-refractivity contribution >= 4 is 23.5 Å². The van der Waals surface area contributed by atoms with Gasteiger partial charge in [0.25, 0.3) is 0 Å². The Labute approximate surface area is 196 Å². The molecule has 0 aromatic heterocycles. The van der Waals surface area contributed by atoms with Crippen molar-refractivity contribution in [2.45, 2.75) is 89.9 Å². The fourth-order valence-electron chi connectivity index (χ4n) is 3.44. The SMILES string of the molecule is CC(=O)C1C(=O)O[C@@H](C)C1[O-].CC(=O)C1C(=O)O[C@@H](C)C1[O-].N[C@@H]1CCCC[C@H]1N.[Pt+2]. The van der Waals surface area contributed by atoms with Crippen molar-refractivity contribution in [1.29, 1.82) is 0 Å². The van der Waals surface area contributed by atoms with E-state index >= 15 is 0 Å². The molecule has 180 valence electrons. The Morgan fingerprint density at radius 1 is 0.806 bits per heavy atom. The Balaban J connectivity index is 0.000000434. The monoisotopic (exact) mass is 623 g/mol. The average molecular weight is 624 g/mol. The second-order valence-electron chi connectivity index (χ2n) is 8.00. The van der Waals surface area contributed by atoms with E-state index in [1.165, 1.54) is 40.5 Å². The van der Waals surface area contributed by atoms with Gasteiger partial charge in [-0.1, -0.05) is 25.0 Å². The van der Waals surface area contributed by atoms with E-state index in [9.17, 15) is 29.4 Å². The van der Waals surface area contributed by atoms with Gasteiger partial charge in [-0.2, -0.15) is 0 Å². The van der Waals surface area contributed by atoms with Gasteiger partial charge in [0, 0.05) is 12.1 Å². The van der Waals surface area contributed by atoms with Gasteiger partial charge in [0.2, 0.25) is 0 Å². The first-order valence-electron chi connectivity index (χ1n) is 10.1. The molecule has 11 heteroatoms. The van der Waals surface area contributed by atoms with E-state index in [0.717, 1.165) is 12.8 Å². The van der Waals surface area contributed by atoms with E-state index in [1.807, 2.05) is 0 Å². The van der Waals surface area contributed by atoms with Crippen LogP contribution in [0, 0.1) is 11.8 Å². The molecule has 4 unspecified atom stereocenters. The maximum Gasteiger partial charge on any atom is 2.00 e. The number of ketones is 2. The molecule has 31 heavy (non-hydrogen) atoms. The van der Waals surface area contributed by atoms with E-state index in [2.05, 4.69) is 9.47 Å². The van der Waals surface area contributed by atoms with E-state index in [-0.39, 0.29) is 33.1 Å². The van der Waals surface area contributed by atoms with E-state index in [4.69, 9.17) is 11.5 Å². The molecule has 0 amide bonds. The molecule has 3 aliphatic rings. The van der Waals surface area contributed by atoms with Gasteiger partial charge >= 0.3 is 33.0 Å². The number of esters is 2. The van der Waals surface area contributed by atoms with Crippen molar-refractivity contribution in [3.8, 4) is 0 Å². The summed E-state index contributed by atoms with van der Waals surface area (Å²) in [6.45, 7) is 5.46. The predicted molar refractivity (Wildman–Crippen MR) is 101 cm³/mol. The minimum Gasteiger partial charge on any atom is -0.848 e. The summed E-state index contributed by atoms with van der Waals surface area (Å²) >= 11 is 0. The van der Waals surface area contributed by atoms with Gasteiger partial charge in [0.05, 0.1) is 12.2 Å². The first-order chi connectivity index (χ1) is 13.9. The maximum atomic E-state index is 11.1. The first kappa shape index (κ1) is 29.8. The number of hydrogen-bond acceptors (Lipinski definition) is 10. The number of rotatable bonds is 2. The maximum absolute atomic E-state index is 11.1.